The van der Waals surface area contributed by atoms with Crippen molar-refractivity contribution in [2.24, 2.45) is 10.7 Å². The van der Waals surface area contributed by atoms with Crippen LogP contribution in [-0.2, 0) is 9.59 Å². The van der Waals surface area contributed by atoms with Crippen molar-refractivity contribution in [3.8, 4) is 17.2 Å². The first-order valence-corrected chi connectivity index (χ1v) is 11.4. The number of hydrogen-bond acceptors (Lipinski definition) is 5. The topological polar surface area (TPSA) is 106 Å². The average Bonchev–Trinajstić information content (AvgIpc) is 3.36. The predicted molar refractivity (Wildman–Crippen MR) is 135 cm³/mol. The highest BCUT2D eigenvalue weighted by molar-refractivity contribution is 5.98. The van der Waals surface area contributed by atoms with Crippen LogP contribution in [0, 0.1) is 5.82 Å². The van der Waals surface area contributed by atoms with E-state index in [0.717, 1.165) is 17.7 Å². The van der Waals surface area contributed by atoms with Crippen molar-refractivity contribution in [3.05, 3.63) is 84.2 Å². The Morgan fingerprint density at radius 2 is 1.64 bits per heavy atom. The predicted octanol–water partition coefficient (Wildman–Crippen LogP) is 3.94. The number of nitrogens with zero attached hydrogens (tertiary/aromatic N) is 2. The van der Waals surface area contributed by atoms with Crippen molar-refractivity contribution in [2.75, 3.05) is 25.5 Å². The lowest BCUT2D eigenvalue weighted by Crippen LogP contribution is -2.44. The quantitative estimate of drug-likeness (QED) is 0.368. The monoisotopic (exact) mass is 490 g/mol. The normalized spacial score (nSPS) is 17.2. The van der Waals surface area contributed by atoms with Gasteiger partial charge in [-0.15, -0.1) is 0 Å². The Kier molecular flexibility index (Phi) is 7.79. The molecule has 0 unspecified atom stereocenters. The zero-order valence-electron chi connectivity index (χ0n) is 19.8. The maximum atomic E-state index is 13.2. The molecule has 0 spiro atoms. The molecule has 3 N–H and O–H groups in total. The Balaban J connectivity index is 1.45. The van der Waals surface area contributed by atoms with Crippen molar-refractivity contribution in [1.29, 1.82) is 0 Å². The molecule has 9 heteroatoms. The number of ether oxygens (including phenoxy) is 2. The van der Waals surface area contributed by atoms with Gasteiger partial charge in [0, 0.05) is 18.2 Å². The summed E-state index contributed by atoms with van der Waals surface area (Å²) in [6.45, 7) is 0.277. The van der Waals surface area contributed by atoms with Gasteiger partial charge in [-0.3, -0.25) is 14.6 Å². The summed E-state index contributed by atoms with van der Waals surface area (Å²) in [5.74, 6) is 0.865. The first kappa shape index (κ1) is 24.7. The van der Waals surface area contributed by atoms with Crippen LogP contribution in [0.25, 0.3) is 0 Å². The molecule has 0 saturated carbocycles. The van der Waals surface area contributed by atoms with Gasteiger partial charge in [-0.1, -0.05) is 12.1 Å². The lowest BCUT2D eigenvalue weighted by Gasteiger charge is -2.23. The molecular weight excluding hydrogens is 463 g/mol. The van der Waals surface area contributed by atoms with Crippen molar-refractivity contribution >= 4 is 23.8 Å². The molecule has 4 rings (SSSR count). The number of amides is 2. The average molecular weight is 491 g/mol. The van der Waals surface area contributed by atoms with Gasteiger partial charge in [0.05, 0.1) is 13.4 Å². The summed E-state index contributed by atoms with van der Waals surface area (Å²) < 4.78 is 24.0. The molecule has 0 bridgehead atoms. The molecular formula is C27H27FN4O4. The Labute approximate surface area is 208 Å². The fourth-order valence-electron chi connectivity index (χ4n) is 4.17. The van der Waals surface area contributed by atoms with Gasteiger partial charge in [-0.2, -0.15) is 0 Å². The summed E-state index contributed by atoms with van der Waals surface area (Å²) >= 11 is 0. The molecule has 1 fully saturated rings. The number of nitrogens with one attached hydrogen (secondary N) is 1. The number of anilines is 1. The van der Waals surface area contributed by atoms with Gasteiger partial charge in [0.2, 0.25) is 11.8 Å². The van der Waals surface area contributed by atoms with Crippen molar-refractivity contribution < 1.29 is 23.5 Å². The van der Waals surface area contributed by atoms with Crippen molar-refractivity contribution in [1.82, 2.24) is 4.90 Å². The minimum atomic E-state index is -0.660. The summed E-state index contributed by atoms with van der Waals surface area (Å²) in [5, 5.41) is 2.89. The highest BCUT2D eigenvalue weighted by atomic mass is 19.1. The molecule has 36 heavy (non-hydrogen) atoms. The Morgan fingerprint density at radius 1 is 1.03 bits per heavy atom. The number of carbonyl (C=O) groups is 2. The maximum absolute atomic E-state index is 13.2. The molecule has 0 radical (unpaired) electrons. The summed E-state index contributed by atoms with van der Waals surface area (Å²) in [4.78, 5) is 31.4. The van der Waals surface area contributed by atoms with E-state index in [1.54, 1.807) is 36.3 Å². The van der Waals surface area contributed by atoms with E-state index in [2.05, 4.69) is 10.3 Å². The van der Waals surface area contributed by atoms with Crippen LogP contribution in [0.5, 0.6) is 17.2 Å². The minimum Gasteiger partial charge on any atom is -0.497 e. The molecule has 1 aliphatic heterocycles. The fraction of sp³-hybridized carbons (Fsp3) is 0.222. The molecule has 1 heterocycles. The van der Waals surface area contributed by atoms with Gasteiger partial charge in [-0.05, 0) is 72.6 Å². The number of likely N-dealkylation sites (tertiary alicyclic amines) is 1. The molecule has 3 aromatic rings. The third kappa shape index (κ3) is 5.99. The van der Waals surface area contributed by atoms with Gasteiger partial charge >= 0.3 is 0 Å². The number of nitrogens with two attached hydrogens (primary N) is 1. The smallest absolute Gasteiger partial charge is 0.247 e. The number of halogens is 1. The van der Waals surface area contributed by atoms with Gasteiger partial charge in [-0.25, -0.2) is 4.39 Å². The largest absolute Gasteiger partial charge is 0.497 e. The van der Waals surface area contributed by atoms with Gasteiger partial charge < -0.3 is 25.4 Å². The van der Waals surface area contributed by atoms with Crippen LogP contribution in [0.1, 0.15) is 17.9 Å². The van der Waals surface area contributed by atoms with Crippen molar-refractivity contribution in [3.63, 3.8) is 0 Å². The van der Waals surface area contributed by atoms with E-state index in [1.807, 2.05) is 24.3 Å². The Morgan fingerprint density at radius 3 is 2.25 bits per heavy atom. The van der Waals surface area contributed by atoms with E-state index in [4.69, 9.17) is 15.2 Å². The first-order valence-electron chi connectivity index (χ1n) is 11.4. The van der Waals surface area contributed by atoms with Crippen LogP contribution in [0.3, 0.4) is 0 Å². The molecule has 1 saturated heterocycles. The Hall–Kier alpha value is -4.40. The lowest BCUT2D eigenvalue weighted by atomic mass is 9.96. The van der Waals surface area contributed by atoms with E-state index in [1.165, 1.54) is 24.3 Å². The van der Waals surface area contributed by atoms with Gasteiger partial charge in [0.15, 0.2) is 0 Å². The van der Waals surface area contributed by atoms with E-state index < -0.39 is 6.04 Å². The van der Waals surface area contributed by atoms with Crippen LogP contribution in [0.4, 0.5) is 10.1 Å². The lowest BCUT2D eigenvalue weighted by molar-refractivity contribution is -0.135. The fourth-order valence-corrected chi connectivity index (χ4v) is 4.17. The summed E-state index contributed by atoms with van der Waals surface area (Å²) in [6.07, 6.45) is 1.56. The second-order valence-electron chi connectivity index (χ2n) is 8.33. The summed E-state index contributed by atoms with van der Waals surface area (Å²) in [7, 11) is 1.60. The second-order valence-corrected chi connectivity index (χ2v) is 8.33. The van der Waals surface area contributed by atoms with Crippen LogP contribution < -0.4 is 20.5 Å². The summed E-state index contributed by atoms with van der Waals surface area (Å²) in [5.41, 5.74) is 6.89. The molecule has 0 aromatic heterocycles. The van der Waals surface area contributed by atoms with Crippen LogP contribution in [0.15, 0.2) is 77.8 Å². The minimum absolute atomic E-state index is 0.0102. The number of carbonyl (C=O) groups excluding carboxylic acids is 2. The van der Waals surface area contributed by atoms with Gasteiger partial charge in [0.25, 0.3) is 0 Å². The van der Waals surface area contributed by atoms with E-state index in [0.29, 0.717) is 30.2 Å². The van der Waals surface area contributed by atoms with E-state index in [-0.39, 0.29) is 30.1 Å². The van der Waals surface area contributed by atoms with Crippen LogP contribution in [0.2, 0.25) is 0 Å². The molecule has 186 valence electrons. The van der Waals surface area contributed by atoms with Crippen molar-refractivity contribution in [2.45, 2.75) is 18.4 Å². The zero-order valence-corrected chi connectivity index (χ0v) is 19.8. The number of benzene rings is 3. The number of aliphatic imine (C=N–C) groups is 1. The Bertz CT molecular complexity index is 1210. The number of rotatable bonds is 8. The SMILES string of the molecule is COc1ccc([C@@H]2C[C@@H](C(=O)Nc3ccc(Oc4ccc(F)cc4)cc3)N(C(=O)CN=CN)C2)cc1. The molecule has 0 aliphatic carbocycles. The molecule has 1 aliphatic rings. The number of hydrogen-bond donors (Lipinski definition) is 2. The molecule has 2 amide bonds. The highest BCUT2D eigenvalue weighted by Crippen LogP contribution is 2.33. The second kappa shape index (κ2) is 11.4. The third-order valence-corrected chi connectivity index (χ3v) is 6.01. The zero-order chi connectivity index (χ0) is 25.5. The molecule has 3 aromatic carbocycles. The third-order valence-electron chi connectivity index (χ3n) is 6.01. The maximum Gasteiger partial charge on any atom is 0.247 e. The first-order chi connectivity index (χ1) is 17.5. The van der Waals surface area contributed by atoms with Gasteiger partial charge in [0.1, 0.15) is 35.7 Å². The van der Waals surface area contributed by atoms with E-state index in [9.17, 15) is 14.0 Å². The number of methoxy groups -OCH3 is 1. The standard InChI is InChI=1S/C27H27FN4O4/c1-35-22-8-2-18(3-9-22)19-14-25(32(16-19)26(33)15-30-17-29)27(34)31-21-6-12-24(13-7-21)36-23-10-4-20(28)5-11-23/h2-13,17,19,25H,14-16H2,1H3,(H2,29,30)(H,31,34)/t19-,25+/m1/s1. The summed E-state index contributed by atoms with van der Waals surface area (Å²) in [6, 6.07) is 19.5. The molecule has 8 nitrogen and oxygen atoms in total. The highest BCUT2D eigenvalue weighted by Gasteiger charge is 2.40. The van der Waals surface area contributed by atoms with Crippen LogP contribution >= 0.6 is 0 Å². The van der Waals surface area contributed by atoms with Crippen LogP contribution in [-0.4, -0.2) is 49.3 Å². The van der Waals surface area contributed by atoms with E-state index >= 15 is 0 Å². The molecule has 2 atom stereocenters.